The molecule has 7 heteroatoms. The Balaban J connectivity index is 2.07. The molecule has 21 heavy (non-hydrogen) atoms. The van der Waals surface area contributed by atoms with Crippen molar-refractivity contribution in [1.82, 2.24) is 24.4 Å². The van der Waals surface area contributed by atoms with Gasteiger partial charge in [0.1, 0.15) is 11.3 Å². The monoisotopic (exact) mass is 290 g/mol. The van der Waals surface area contributed by atoms with E-state index in [1.165, 1.54) is 12.8 Å². The number of anilines is 1. The highest BCUT2D eigenvalue weighted by Gasteiger charge is 2.25. The second-order valence-corrected chi connectivity index (χ2v) is 6.03. The largest absolute Gasteiger partial charge is 0.382 e. The van der Waals surface area contributed by atoms with E-state index in [2.05, 4.69) is 26.8 Å². The number of nitrogens with two attached hydrogens (primary N) is 1. The molecule has 3 N–H and O–H groups in total. The maximum atomic E-state index is 12.3. The first-order valence-electron chi connectivity index (χ1n) is 7.45. The van der Waals surface area contributed by atoms with Crippen molar-refractivity contribution in [1.29, 1.82) is 0 Å². The molecule has 2 aromatic heterocycles. The van der Waals surface area contributed by atoms with Gasteiger partial charge in [0.15, 0.2) is 11.5 Å². The number of fused-ring (bicyclic) bond motifs is 1. The summed E-state index contributed by atoms with van der Waals surface area (Å²) in [6.45, 7) is 8.08. The van der Waals surface area contributed by atoms with E-state index in [-0.39, 0.29) is 11.9 Å². The number of hydrogen-bond donors (Lipinski definition) is 2. The van der Waals surface area contributed by atoms with E-state index in [0.29, 0.717) is 28.7 Å². The van der Waals surface area contributed by atoms with Gasteiger partial charge in [-0.05, 0) is 32.6 Å². The first-order chi connectivity index (χ1) is 9.97. The predicted octanol–water partition coefficient (Wildman–Crippen LogP) is 1.26. The van der Waals surface area contributed by atoms with Gasteiger partial charge in [-0.3, -0.25) is 9.47 Å². The second-order valence-electron chi connectivity index (χ2n) is 6.03. The second kappa shape index (κ2) is 5.14. The predicted molar refractivity (Wildman–Crippen MR) is 82.0 cm³/mol. The highest BCUT2D eigenvalue weighted by Crippen LogP contribution is 2.24. The number of aromatic nitrogens is 4. The number of nitrogen functional groups attached to an aromatic ring is 1. The number of piperidine rings is 1. The summed E-state index contributed by atoms with van der Waals surface area (Å²) in [6, 6.07) is 0. The maximum absolute atomic E-state index is 12.3. The smallest absolute Gasteiger partial charge is 0.329 e. The fourth-order valence-electron chi connectivity index (χ4n) is 3.21. The van der Waals surface area contributed by atoms with Crippen LogP contribution in [0.2, 0.25) is 0 Å². The Kier molecular flexibility index (Phi) is 3.44. The third kappa shape index (κ3) is 2.42. The topological polar surface area (TPSA) is 92.8 Å². The van der Waals surface area contributed by atoms with E-state index in [1.807, 2.05) is 6.92 Å². The Hall–Kier alpha value is -1.89. The number of rotatable bonds is 2. The zero-order valence-corrected chi connectivity index (χ0v) is 12.8. The van der Waals surface area contributed by atoms with Crippen molar-refractivity contribution < 1.29 is 0 Å². The molecule has 0 radical (unpaired) electrons. The van der Waals surface area contributed by atoms with Gasteiger partial charge in [0, 0.05) is 13.1 Å². The maximum Gasteiger partial charge on any atom is 0.329 e. The summed E-state index contributed by atoms with van der Waals surface area (Å²) in [5.74, 6) is 1.56. The van der Waals surface area contributed by atoms with Crippen molar-refractivity contribution in [3.63, 3.8) is 0 Å². The molecule has 1 aliphatic rings. The molecule has 0 aliphatic carbocycles. The summed E-state index contributed by atoms with van der Waals surface area (Å²) in [6.07, 6.45) is 2.38. The van der Waals surface area contributed by atoms with Crippen molar-refractivity contribution in [3.8, 4) is 0 Å². The molecular weight excluding hydrogens is 268 g/mol. The molecule has 1 fully saturated rings. The van der Waals surface area contributed by atoms with Crippen molar-refractivity contribution in [2.45, 2.75) is 39.8 Å². The van der Waals surface area contributed by atoms with Crippen LogP contribution in [-0.2, 0) is 0 Å². The summed E-state index contributed by atoms with van der Waals surface area (Å²) in [4.78, 5) is 26.0. The third-order valence-corrected chi connectivity index (χ3v) is 4.30. The minimum atomic E-state index is -0.178. The van der Waals surface area contributed by atoms with Gasteiger partial charge in [-0.25, -0.2) is 14.8 Å². The van der Waals surface area contributed by atoms with Crippen LogP contribution < -0.4 is 11.4 Å². The van der Waals surface area contributed by atoms with Crippen LogP contribution in [0.15, 0.2) is 4.79 Å². The number of aromatic amines is 1. The number of nitrogens with zero attached hydrogens (tertiary/aromatic N) is 4. The van der Waals surface area contributed by atoms with Crippen LogP contribution in [-0.4, -0.2) is 37.5 Å². The minimum Gasteiger partial charge on any atom is -0.382 e. The van der Waals surface area contributed by atoms with Crippen molar-refractivity contribution in [3.05, 3.63) is 16.3 Å². The lowest BCUT2D eigenvalue weighted by molar-refractivity contribution is 0.0989. The quantitative estimate of drug-likeness (QED) is 0.868. The SMILES string of the molecule is Cc1nc(N)c2[nH]c(=O)n(C(C)N3CCCC(C)C3)c2n1. The average Bonchev–Trinajstić information content (AvgIpc) is 2.74. The molecule has 0 bridgehead atoms. The van der Waals surface area contributed by atoms with Gasteiger partial charge >= 0.3 is 5.69 Å². The summed E-state index contributed by atoms with van der Waals surface area (Å²) in [5.41, 5.74) is 6.84. The van der Waals surface area contributed by atoms with Crippen LogP contribution in [0.25, 0.3) is 11.2 Å². The van der Waals surface area contributed by atoms with Gasteiger partial charge in [-0.1, -0.05) is 6.92 Å². The molecule has 114 valence electrons. The van der Waals surface area contributed by atoms with Gasteiger partial charge in [0.05, 0.1) is 6.17 Å². The molecule has 0 saturated carbocycles. The van der Waals surface area contributed by atoms with E-state index in [9.17, 15) is 4.79 Å². The third-order valence-electron chi connectivity index (χ3n) is 4.30. The summed E-state index contributed by atoms with van der Waals surface area (Å²) >= 11 is 0. The van der Waals surface area contributed by atoms with Crippen molar-refractivity contribution >= 4 is 17.0 Å². The number of aryl methyl sites for hydroxylation is 1. The molecular formula is C14H22N6O. The molecule has 7 nitrogen and oxygen atoms in total. The summed E-state index contributed by atoms with van der Waals surface area (Å²) in [5, 5.41) is 0. The number of nitrogens with one attached hydrogen (secondary N) is 1. The van der Waals surface area contributed by atoms with Crippen LogP contribution in [0.1, 0.15) is 38.7 Å². The molecule has 0 amide bonds. The highest BCUT2D eigenvalue weighted by atomic mass is 16.1. The van der Waals surface area contributed by atoms with Crippen molar-refractivity contribution in [2.24, 2.45) is 5.92 Å². The first kappa shape index (κ1) is 14.1. The Morgan fingerprint density at radius 3 is 2.90 bits per heavy atom. The minimum absolute atomic E-state index is 0.0392. The van der Waals surface area contributed by atoms with Gasteiger partial charge in [-0.15, -0.1) is 0 Å². The van der Waals surface area contributed by atoms with Gasteiger partial charge in [-0.2, -0.15) is 0 Å². The molecule has 0 spiro atoms. The highest BCUT2D eigenvalue weighted by molar-refractivity contribution is 5.81. The summed E-state index contributed by atoms with van der Waals surface area (Å²) in [7, 11) is 0. The van der Waals surface area contributed by atoms with Crippen LogP contribution in [0, 0.1) is 12.8 Å². The van der Waals surface area contributed by atoms with Crippen LogP contribution >= 0.6 is 0 Å². The number of likely N-dealkylation sites (tertiary alicyclic amines) is 1. The lowest BCUT2D eigenvalue weighted by Crippen LogP contribution is -2.41. The van der Waals surface area contributed by atoms with Crippen LogP contribution in [0.3, 0.4) is 0 Å². The number of H-pyrrole nitrogens is 1. The lowest BCUT2D eigenvalue weighted by atomic mass is 10.00. The fraction of sp³-hybridized carbons (Fsp3) is 0.643. The van der Waals surface area contributed by atoms with Crippen LogP contribution in [0.5, 0.6) is 0 Å². The van der Waals surface area contributed by atoms with E-state index < -0.39 is 0 Å². The zero-order chi connectivity index (χ0) is 15.1. The lowest BCUT2D eigenvalue weighted by Gasteiger charge is -2.35. The molecule has 0 aromatic carbocycles. The molecule has 3 heterocycles. The number of hydrogen-bond acceptors (Lipinski definition) is 5. The Morgan fingerprint density at radius 2 is 2.19 bits per heavy atom. The fourth-order valence-corrected chi connectivity index (χ4v) is 3.21. The molecule has 2 aromatic rings. The Labute approximate surface area is 123 Å². The van der Waals surface area contributed by atoms with Crippen LogP contribution in [0.4, 0.5) is 5.82 Å². The normalized spacial score (nSPS) is 21.8. The molecule has 3 rings (SSSR count). The van der Waals surface area contributed by atoms with Gasteiger partial charge in [0.2, 0.25) is 0 Å². The molecule has 2 atom stereocenters. The van der Waals surface area contributed by atoms with E-state index >= 15 is 0 Å². The molecule has 1 saturated heterocycles. The van der Waals surface area contributed by atoms with E-state index in [0.717, 1.165) is 13.1 Å². The Morgan fingerprint density at radius 1 is 1.43 bits per heavy atom. The standard InChI is InChI=1S/C14H22N6O/c1-8-5-4-6-19(7-8)10(3)20-13-11(18-14(20)21)12(15)16-9(2)17-13/h8,10H,4-7H2,1-3H3,(H,18,21)(H2,15,16,17). The van der Waals surface area contributed by atoms with E-state index in [4.69, 9.17) is 5.73 Å². The summed E-state index contributed by atoms with van der Waals surface area (Å²) < 4.78 is 1.69. The average molecular weight is 290 g/mol. The Bertz CT molecular complexity index is 718. The number of imidazole rings is 1. The van der Waals surface area contributed by atoms with Crippen molar-refractivity contribution in [2.75, 3.05) is 18.8 Å². The molecule has 1 aliphatic heterocycles. The van der Waals surface area contributed by atoms with Gasteiger partial charge < -0.3 is 10.7 Å². The van der Waals surface area contributed by atoms with E-state index in [1.54, 1.807) is 11.5 Å². The zero-order valence-electron chi connectivity index (χ0n) is 12.8. The molecule has 2 unspecified atom stereocenters. The first-order valence-corrected chi connectivity index (χ1v) is 7.45. The van der Waals surface area contributed by atoms with Gasteiger partial charge in [0.25, 0.3) is 0 Å².